The van der Waals surface area contributed by atoms with Crippen LogP contribution in [-0.2, 0) is 6.61 Å². The lowest BCUT2D eigenvalue weighted by Crippen LogP contribution is -2.28. The lowest BCUT2D eigenvalue weighted by Gasteiger charge is -2.23. The SMILES string of the molecule is Nc1nc(-c2cccc(Cl)c2Cl)nc(CO)c1N1CC2CNCC2C1. The number of aliphatic hydroxyl groups excluding tert-OH is 1. The molecule has 132 valence electrons. The van der Waals surface area contributed by atoms with Gasteiger partial charge in [0.05, 0.1) is 22.3 Å². The van der Waals surface area contributed by atoms with Crippen molar-refractivity contribution in [2.24, 2.45) is 11.8 Å². The Morgan fingerprint density at radius 2 is 1.92 bits per heavy atom. The van der Waals surface area contributed by atoms with Gasteiger partial charge in [0.1, 0.15) is 5.69 Å². The first kappa shape index (κ1) is 16.8. The van der Waals surface area contributed by atoms with Gasteiger partial charge in [-0.2, -0.15) is 0 Å². The Balaban J connectivity index is 1.74. The number of benzene rings is 1. The summed E-state index contributed by atoms with van der Waals surface area (Å²) in [6.45, 7) is 3.63. The van der Waals surface area contributed by atoms with Gasteiger partial charge in [-0.15, -0.1) is 0 Å². The van der Waals surface area contributed by atoms with Gasteiger partial charge in [0, 0.05) is 31.7 Å². The zero-order valence-electron chi connectivity index (χ0n) is 13.5. The normalized spacial score (nSPS) is 22.4. The summed E-state index contributed by atoms with van der Waals surface area (Å²) in [6.07, 6.45) is 0. The molecule has 1 aromatic heterocycles. The second kappa shape index (κ2) is 6.61. The summed E-state index contributed by atoms with van der Waals surface area (Å²) in [5.41, 5.74) is 8.11. The van der Waals surface area contributed by atoms with Crippen molar-refractivity contribution in [1.82, 2.24) is 15.3 Å². The average molecular weight is 380 g/mol. The number of aliphatic hydroxyl groups is 1. The first-order chi connectivity index (χ1) is 12.1. The molecule has 0 spiro atoms. The standard InChI is InChI=1S/C17H19Cl2N5O/c18-12-3-1-2-11(14(12)19)17-22-13(8-25)15(16(20)23-17)24-6-9-4-21-5-10(9)7-24/h1-3,9-10,21,25H,4-8H2,(H2,20,22,23). The van der Waals surface area contributed by atoms with Crippen molar-refractivity contribution >= 4 is 34.7 Å². The summed E-state index contributed by atoms with van der Waals surface area (Å²) in [7, 11) is 0. The highest BCUT2D eigenvalue weighted by atomic mass is 35.5. The number of hydrogen-bond donors (Lipinski definition) is 3. The van der Waals surface area contributed by atoms with Crippen LogP contribution in [0.4, 0.5) is 11.5 Å². The van der Waals surface area contributed by atoms with Crippen LogP contribution in [0.25, 0.3) is 11.4 Å². The molecule has 2 aliphatic heterocycles. The molecular formula is C17H19Cl2N5O. The van der Waals surface area contributed by atoms with Gasteiger partial charge in [-0.25, -0.2) is 9.97 Å². The maximum Gasteiger partial charge on any atom is 0.163 e. The van der Waals surface area contributed by atoms with Gasteiger partial charge < -0.3 is 21.1 Å². The van der Waals surface area contributed by atoms with Crippen LogP contribution < -0.4 is 16.0 Å². The molecule has 0 radical (unpaired) electrons. The van der Waals surface area contributed by atoms with Crippen molar-refractivity contribution in [3.05, 3.63) is 33.9 Å². The van der Waals surface area contributed by atoms with Gasteiger partial charge in [-0.05, 0) is 24.0 Å². The van der Waals surface area contributed by atoms with Gasteiger partial charge in [-0.3, -0.25) is 0 Å². The fourth-order valence-electron chi connectivity index (χ4n) is 3.81. The smallest absolute Gasteiger partial charge is 0.163 e. The Morgan fingerprint density at radius 1 is 1.20 bits per heavy atom. The second-order valence-corrected chi connectivity index (χ2v) is 7.36. The van der Waals surface area contributed by atoms with Crippen LogP contribution in [0.2, 0.25) is 10.0 Å². The number of halogens is 2. The Kier molecular flexibility index (Phi) is 4.45. The van der Waals surface area contributed by atoms with Crippen LogP contribution in [0.5, 0.6) is 0 Å². The van der Waals surface area contributed by atoms with E-state index in [1.165, 1.54) is 0 Å². The van der Waals surface area contributed by atoms with Crippen molar-refractivity contribution in [3.63, 3.8) is 0 Å². The van der Waals surface area contributed by atoms with E-state index >= 15 is 0 Å². The van der Waals surface area contributed by atoms with Crippen LogP contribution in [-0.4, -0.2) is 41.3 Å². The molecular weight excluding hydrogens is 361 g/mol. The second-order valence-electron chi connectivity index (χ2n) is 6.57. The fourth-order valence-corrected chi connectivity index (χ4v) is 4.20. The first-order valence-corrected chi connectivity index (χ1v) is 9.01. The molecule has 2 aromatic rings. The highest BCUT2D eigenvalue weighted by Gasteiger charge is 2.38. The number of rotatable bonds is 3. The number of anilines is 2. The van der Waals surface area contributed by atoms with E-state index in [9.17, 15) is 5.11 Å². The van der Waals surface area contributed by atoms with Gasteiger partial charge in [0.15, 0.2) is 11.6 Å². The van der Waals surface area contributed by atoms with Crippen molar-refractivity contribution in [2.75, 3.05) is 36.8 Å². The third-order valence-electron chi connectivity index (χ3n) is 5.03. The number of aromatic nitrogens is 2. The third-order valence-corrected chi connectivity index (χ3v) is 5.85. The predicted molar refractivity (Wildman–Crippen MR) is 99.9 cm³/mol. The monoisotopic (exact) mass is 379 g/mol. The molecule has 0 amide bonds. The zero-order chi connectivity index (χ0) is 17.6. The van der Waals surface area contributed by atoms with Crippen LogP contribution in [0.1, 0.15) is 5.69 Å². The molecule has 2 aliphatic rings. The van der Waals surface area contributed by atoms with Crippen molar-refractivity contribution in [2.45, 2.75) is 6.61 Å². The fraction of sp³-hybridized carbons (Fsp3) is 0.412. The van der Waals surface area contributed by atoms with E-state index in [0.717, 1.165) is 31.9 Å². The number of nitrogens with zero attached hydrogens (tertiary/aromatic N) is 3. The number of hydrogen-bond acceptors (Lipinski definition) is 6. The summed E-state index contributed by atoms with van der Waals surface area (Å²) in [5, 5.41) is 14.1. The topological polar surface area (TPSA) is 87.3 Å². The summed E-state index contributed by atoms with van der Waals surface area (Å²) in [5.74, 6) is 1.94. The molecule has 0 bridgehead atoms. The molecule has 4 N–H and O–H groups in total. The zero-order valence-corrected chi connectivity index (χ0v) is 15.1. The number of nitrogens with two attached hydrogens (primary N) is 1. The summed E-state index contributed by atoms with van der Waals surface area (Å²) >= 11 is 12.4. The molecule has 2 unspecified atom stereocenters. The quantitative estimate of drug-likeness (QED) is 0.757. The van der Waals surface area contributed by atoms with Crippen LogP contribution in [0.15, 0.2) is 18.2 Å². The third kappa shape index (κ3) is 2.93. The highest BCUT2D eigenvalue weighted by molar-refractivity contribution is 6.43. The Labute approximate surface area is 156 Å². The number of nitrogens with one attached hydrogen (secondary N) is 1. The lowest BCUT2D eigenvalue weighted by molar-refractivity contribution is 0.277. The van der Waals surface area contributed by atoms with E-state index in [1.54, 1.807) is 18.2 Å². The number of nitrogen functional groups attached to an aromatic ring is 1. The molecule has 1 aromatic carbocycles. The van der Waals surface area contributed by atoms with E-state index in [1.807, 2.05) is 0 Å². The van der Waals surface area contributed by atoms with Gasteiger partial charge in [0.25, 0.3) is 0 Å². The summed E-state index contributed by atoms with van der Waals surface area (Å²) in [4.78, 5) is 11.2. The van der Waals surface area contributed by atoms with Gasteiger partial charge in [0.2, 0.25) is 0 Å². The molecule has 4 rings (SSSR count). The summed E-state index contributed by atoms with van der Waals surface area (Å²) < 4.78 is 0. The Morgan fingerprint density at radius 3 is 2.60 bits per heavy atom. The molecule has 2 atom stereocenters. The molecule has 2 saturated heterocycles. The molecule has 0 aliphatic carbocycles. The minimum atomic E-state index is -0.211. The van der Waals surface area contributed by atoms with Crippen molar-refractivity contribution in [3.8, 4) is 11.4 Å². The minimum Gasteiger partial charge on any atom is -0.390 e. The van der Waals surface area contributed by atoms with E-state index in [2.05, 4.69) is 20.2 Å². The maximum atomic E-state index is 9.86. The van der Waals surface area contributed by atoms with Crippen molar-refractivity contribution < 1.29 is 5.11 Å². The Bertz CT molecular complexity index is 804. The molecule has 3 heterocycles. The van der Waals surface area contributed by atoms with E-state index in [-0.39, 0.29) is 6.61 Å². The average Bonchev–Trinajstić information content (AvgIpc) is 3.18. The van der Waals surface area contributed by atoms with Crippen LogP contribution >= 0.6 is 23.2 Å². The minimum absolute atomic E-state index is 0.211. The van der Waals surface area contributed by atoms with Crippen LogP contribution in [0, 0.1) is 11.8 Å². The molecule has 25 heavy (non-hydrogen) atoms. The highest BCUT2D eigenvalue weighted by Crippen LogP contribution is 2.37. The number of fused-ring (bicyclic) bond motifs is 1. The van der Waals surface area contributed by atoms with Crippen LogP contribution in [0.3, 0.4) is 0 Å². The first-order valence-electron chi connectivity index (χ1n) is 8.25. The van der Waals surface area contributed by atoms with E-state index < -0.39 is 0 Å². The lowest BCUT2D eigenvalue weighted by atomic mass is 10.0. The van der Waals surface area contributed by atoms with Crippen molar-refractivity contribution in [1.29, 1.82) is 0 Å². The molecule has 8 heteroatoms. The molecule has 2 fully saturated rings. The van der Waals surface area contributed by atoms with E-state index in [0.29, 0.717) is 44.8 Å². The van der Waals surface area contributed by atoms with Gasteiger partial charge >= 0.3 is 0 Å². The maximum absolute atomic E-state index is 9.86. The molecule has 6 nitrogen and oxygen atoms in total. The largest absolute Gasteiger partial charge is 0.390 e. The predicted octanol–water partition coefficient (Wildman–Crippen LogP) is 2.18. The Hall–Kier alpha value is -1.60. The summed E-state index contributed by atoms with van der Waals surface area (Å²) in [6, 6.07) is 5.27. The van der Waals surface area contributed by atoms with E-state index in [4.69, 9.17) is 28.9 Å². The molecule has 0 saturated carbocycles. The van der Waals surface area contributed by atoms with Gasteiger partial charge in [-0.1, -0.05) is 29.3 Å².